The fraction of sp³-hybridized carbons (Fsp3) is 0.778. The fourth-order valence-electron chi connectivity index (χ4n) is 9.22. The molecule has 0 amide bonds. The predicted octanol–water partition coefficient (Wildman–Crippen LogP) is 4.82. The van der Waals surface area contributed by atoms with Crippen LogP contribution in [0.4, 0.5) is 0 Å². The van der Waals surface area contributed by atoms with Gasteiger partial charge in [-0.3, -0.25) is 19.2 Å². The maximum atomic E-state index is 13.3. The molecule has 10 nitrogen and oxygen atoms in total. The van der Waals surface area contributed by atoms with Crippen LogP contribution in [0.1, 0.15) is 118 Å². The van der Waals surface area contributed by atoms with Crippen LogP contribution >= 0.6 is 0 Å². The van der Waals surface area contributed by atoms with Crippen molar-refractivity contribution in [2.75, 3.05) is 6.61 Å². The van der Waals surface area contributed by atoms with Crippen molar-refractivity contribution in [3.63, 3.8) is 0 Å². The largest absolute Gasteiger partial charge is 0.481 e. The van der Waals surface area contributed by atoms with E-state index in [1.54, 1.807) is 26.0 Å². The van der Waals surface area contributed by atoms with E-state index in [1.165, 1.54) is 6.92 Å². The van der Waals surface area contributed by atoms with Crippen molar-refractivity contribution < 1.29 is 49.1 Å². The molecular formula is C36H54O10. The van der Waals surface area contributed by atoms with Crippen molar-refractivity contribution in [1.82, 2.24) is 0 Å². The number of ketones is 1. The number of aliphatic hydroxyl groups is 3. The molecular weight excluding hydrogens is 592 g/mol. The van der Waals surface area contributed by atoms with Crippen LogP contribution in [0, 0.1) is 29.1 Å². The number of esters is 2. The van der Waals surface area contributed by atoms with Gasteiger partial charge >= 0.3 is 17.9 Å². The molecule has 4 N–H and O–H groups in total. The summed E-state index contributed by atoms with van der Waals surface area (Å²) in [6.45, 7) is 8.09. The van der Waals surface area contributed by atoms with Gasteiger partial charge in [0.2, 0.25) is 0 Å². The molecule has 2 saturated carbocycles. The fourth-order valence-corrected chi connectivity index (χ4v) is 9.22. The maximum Gasteiger partial charge on any atom is 0.306 e. The van der Waals surface area contributed by atoms with Gasteiger partial charge in [0.1, 0.15) is 11.7 Å². The number of carbonyl (C=O) groups excluding carboxylic acids is 3. The topological polar surface area (TPSA) is 168 Å². The highest BCUT2D eigenvalue weighted by molar-refractivity contribution is 6.04. The Bertz CT molecular complexity index is 1250. The lowest BCUT2D eigenvalue weighted by Crippen LogP contribution is -2.66. The smallest absolute Gasteiger partial charge is 0.306 e. The van der Waals surface area contributed by atoms with E-state index in [0.717, 1.165) is 57.8 Å². The summed E-state index contributed by atoms with van der Waals surface area (Å²) in [5.74, 6) is -5.23. The summed E-state index contributed by atoms with van der Waals surface area (Å²) in [4.78, 5) is 49.7. The Morgan fingerprint density at radius 3 is 1.98 bits per heavy atom. The van der Waals surface area contributed by atoms with Gasteiger partial charge in [-0.1, -0.05) is 84.3 Å². The number of carbonyl (C=O) groups is 4. The second kappa shape index (κ2) is 13.9. The van der Waals surface area contributed by atoms with Crippen LogP contribution in [0.15, 0.2) is 23.3 Å². The number of Topliss-reactive ketones (excluding diaryl/α,β-unsaturated/α-hetero) is 1. The zero-order chi connectivity index (χ0) is 34.1. The quantitative estimate of drug-likeness (QED) is 0.104. The first-order valence-electron chi connectivity index (χ1n) is 17.2. The van der Waals surface area contributed by atoms with Gasteiger partial charge in [0.25, 0.3) is 0 Å². The van der Waals surface area contributed by atoms with Crippen molar-refractivity contribution in [1.29, 1.82) is 0 Å². The number of fused-ring (bicyclic) bond motifs is 5. The Morgan fingerprint density at radius 2 is 1.46 bits per heavy atom. The highest BCUT2D eigenvalue weighted by Gasteiger charge is 2.87. The first kappa shape index (κ1) is 36.3. The molecule has 0 aromatic heterocycles. The van der Waals surface area contributed by atoms with E-state index in [2.05, 4.69) is 0 Å². The second-order valence-electron chi connectivity index (χ2n) is 14.9. The molecule has 0 heterocycles. The minimum absolute atomic E-state index is 0.128. The van der Waals surface area contributed by atoms with E-state index >= 15 is 0 Å². The minimum atomic E-state index is -1.95. The third-order valence-electron chi connectivity index (χ3n) is 11.6. The van der Waals surface area contributed by atoms with Crippen LogP contribution in [0.3, 0.4) is 0 Å². The van der Waals surface area contributed by atoms with Crippen LogP contribution in [-0.2, 0) is 28.7 Å². The SMILES string of the molecule is CC(=O)O[C@]12C([C@@H]3C=C(CO)C[C@]4(O)C(=O)C(C)=C[C@H]4[C@@]3(O)[C@H](C)[C@H]1OC(=O)CCCCCCCCCCCCC(=O)O)C2(C)C. The van der Waals surface area contributed by atoms with Crippen molar-refractivity contribution in [2.45, 2.75) is 141 Å². The molecule has 0 radical (unpaired) electrons. The number of unbranched alkanes of at least 4 members (excludes halogenated alkanes) is 9. The second-order valence-corrected chi connectivity index (χ2v) is 14.9. The van der Waals surface area contributed by atoms with E-state index in [0.29, 0.717) is 17.6 Å². The highest BCUT2D eigenvalue weighted by Crippen LogP contribution is 2.77. The van der Waals surface area contributed by atoms with E-state index in [4.69, 9.17) is 14.6 Å². The molecule has 0 aromatic rings. The number of carboxylic acid groups (broad SMARTS) is 1. The van der Waals surface area contributed by atoms with Gasteiger partial charge in [-0.15, -0.1) is 0 Å². The average molecular weight is 647 g/mol. The molecule has 46 heavy (non-hydrogen) atoms. The number of rotatable bonds is 16. The van der Waals surface area contributed by atoms with E-state index < -0.39 is 82.3 Å². The molecule has 0 aromatic carbocycles. The molecule has 0 spiro atoms. The number of carboxylic acids is 1. The summed E-state index contributed by atoms with van der Waals surface area (Å²) in [5.41, 5.74) is -4.86. The van der Waals surface area contributed by atoms with Crippen LogP contribution in [0.2, 0.25) is 0 Å². The molecule has 4 rings (SSSR count). The molecule has 0 aliphatic heterocycles. The van der Waals surface area contributed by atoms with Crippen molar-refractivity contribution >= 4 is 23.7 Å². The molecule has 10 heteroatoms. The number of ether oxygens (including phenoxy) is 2. The highest BCUT2D eigenvalue weighted by atomic mass is 16.6. The van der Waals surface area contributed by atoms with Crippen molar-refractivity contribution in [3.05, 3.63) is 23.3 Å². The zero-order valence-electron chi connectivity index (χ0n) is 28.2. The number of aliphatic hydroxyl groups excluding tert-OH is 1. The minimum Gasteiger partial charge on any atom is -0.481 e. The summed E-state index contributed by atoms with van der Waals surface area (Å²) in [6, 6.07) is 0. The Hall–Kier alpha value is -2.56. The van der Waals surface area contributed by atoms with Gasteiger partial charge in [0.05, 0.1) is 12.2 Å². The lowest BCUT2D eigenvalue weighted by Gasteiger charge is -2.53. The van der Waals surface area contributed by atoms with Crippen LogP contribution in [0.25, 0.3) is 0 Å². The number of aliphatic carboxylic acids is 1. The van der Waals surface area contributed by atoms with Crippen molar-refractivity contribution in [3.8, 4) is 0 Å². The first-order chi connectivity index (χ1) is 21.6. The number of hydrogen-bond donors (Lipinski definition) is 4. The summed E-state index contributed by atoms with van der Waals surface area (Å²) in [5, 5.41) is 43.5. The zero-order valence-corrected chi connectivity index (χ0v) is 28.2. The van der Waals surface area contributed by atoms with E-state index in [-0.39, 0.29) is 19.3 Å². The van der Waals surface area contributed by atoms with Crippen LogP contribution in [0.5, 0.6) is 0 Å². The molecule has 8 atom stereocenters. The Balaban J connectivity index is 1.44. The van der Waals surface area contributed by atoms with E-state index in [9.17, 15) is 34.5 Å². The molecule has 258 valence electrons. The summed E-state index contributed by atoms with van der Waals surface area (Å²) in [7, 11) is 0. The monoisotopic (exact) mass is 646 g/mol. The molecule has 2 fully saturated rings. The van der Waals surface area contributed by atoms with Gasteiger partial charge in [0, 0.05) is 55.3 Å². The average Bonchev–Trinajstić information content (AvgIpc) is 3.40. The Morgan fingerprint density at radius 1 is 0.913 bits per heavy atom. The normalized spacial score (nSPS) is 35.6. The summed E-state index contributed by atoms with van der Waals surface area (Å²) in [6.07, 6.45) is 12.2. The lowest BCUT2D eigenvalue weighted by molar-refractivity contribution is -0.228. The third kappa shape index (κ3) is 6.33. The number of hydrogen-bond acceptors (Lipinski definition) is 9. The Labute approximate surface area is 272 Å². The standard InChI is InChI=1S/C36H54O10/c1-22-18-27-34(43,31(22)42)20-25(21-37)19-26-30-33(4,5)36(30,46-24(3)38)32(23(2)35(26,27)44)45-29(41)17-15-13-11-9-7-6-8-10-12-14-16-28(39)40/h18-19,23,26-27,30,32,37,43-44H,6-17,20-21H2,1-5H3,(H,39,40)/t23-,26+,27-,30?,32-,34-,35-,36-/m1/s1. The van der Waals surface area contributed by atoms with Gasteiger partial charge < -0.3 is 29.9 Å². The van der Waals surface area contributed by atoms with Crippen LogP contribution in [-0.4, -0.2) is 73.6 Å². The lowest BCUT2D eigenvalue weighted by atomic mass is 9.59. The van der Waals surface area contributed by atoms with Gasteiger partial charge in [-0.05, 0) is 30.9 Å². The molecule has 1 unspecified atom stereocenters. The Kier molecular flexibility index (Phi) is 11.0. The predicted molar refractivity (Wildman–Crippen MR) is 169 cm³/mol. The van der Waals surface area contributed by atoms with Gasteiger partial charge in [-0.2, -0.15) is 0 Å². The van der Waals surface area contributed by atoms with Gasteiger partial charge in [-0.25, -0.2) is 0 Å². The first-order valence-corrected chi connectivity index (χ1v) is 17.2. The van der Waals surface area contributed by atoms with Gasteiger partial charge in [0.15, 0.2) is 11.4 Å². The maximum absolute atomic E-state index is 13.3. The molecule has 0 bridgehead atoms. The van der Waals surface area contributed by atoms with Crippen molar-refractivity contribution in [2.24, 2.45) is 29.1 Å². The van der Waals surface area contributed by atoms with E-state index in [1.807, 2.05) is 13.8 Å². The molecule has 0 saturated heterocycles. The molecule has 4 aliphatic rings. The summed E-state index contributed by atoms with van der Waals surface area (Å²) < 4.78 is 12.2. The molecule has 4 aliphatic carbocycles. The summed E-state index contributed by atoms with van der Waals surface area (Å²) >= 11 is 0. The third-order valence-corrected chi connectivity index (χ3v) is 11.6. The van der Waals surface area contributed by atoms with Crippen LogP contribution < -0.4 is 0 Å².